The lowest BCUT2D eigenvalue weighted by molar-refractivity contribution is 0.271. The molecule has 1 unspecified atom stereocenters. The number of hydrogen-bond donors (Lipinski definition) is 1. The molecule has 3 heterocycles. The Balaban J connectivity index is 1.33. The second-order valence-electron chi connectivity index (χ2n) is 8.22. The number of rotatable bonds is 5. The highest BCUT2D eigenvalue weighted by Gasteiger charge is 2.23. The number of aromatic nitrogens is 4. The summed E-state index contributed by atoms with van der Waals surface area (Å²) in [7, 11) is 1.97. The fourth-order valence-electron chi connectivity index (χ4n) is 3.82. The molecule has 30 heavy (non-hydrogen) atoms. The quantitative estimate of drug-likeness (QED) is 0.685. The molecule has 1 aliphatic heterocycles. The first-order chi connectivity index (χ1) is 14.6. The maximum Gasteiger partial charge on any atom is 0.229 e. The third kappa shape index (κ3) is 3.58. The number of imidazole rings is 1. The van der Waals surface area contributed by atoms with Crippen molar-refractivity contribution in [3.05, 3.63) is 48.4 Å². The summed E-state index contributed by atoms with van der Waals surface area (Å²) >= 11 is 0. The van der Waals surface area contributed by atoms with Crippen LogP contribution in [0.3, 0.4) is 0 Å². The minimum Gasteiger partial charge on any atom is -0.486 e. The first-order valence-electron chi connectivity index (χ1n) is 10.4. The van der Waals surface area contributed by atoms with Crippen LogP contribution in [0.5, 0.6) is 5.75 Å². The zero-order valence-corrected chi connectivity index (χ0v) is 17.2. The topological polar surface area (TPSA) is 68.1 Å². The number of nitrogens with zero attached hydrogens (tertiary/aromatic N) is 5. The Hall–Kier alpha value is -3.16. The van der Waals surface area contributed by atoms with E-state index >= 15 is 0 Å². The molecule has 1 aromatic carbocycles. The largest absolute Gasteiger partial charge is 0.486 e. The molecule has 8 heteroatoms. The van der Waals surface area contributed by atoms with Crippen LogP contribution in [0.15, 0.2) is 36.9 Å². The predicted octanol–water partition coefficient (Wildman–Crippen LogP) is 4.10. The molecule has 0 spiro atoms. The van der Waals surface area contributed by atoms with Crippen LogP contribution in [0.4, 0.5) is 21.8 Å². The van der Waals surface area contributed by atoms with Crippen molar-refractivity contribution in [3.8, 4) is 11.4 Å². The van der Waals surface area contributed by atoms with E-state index < -0.39 is 0 Å². The van der Waals surface area contributed by atoms with Crippen LogP contribution in [0.1, 0.15) is 31.9 Å². The fraction of sp³-hybridized carbons (Fsp3) is 0.409. The molecule has 7 nitrogen and oxygen atoms in total. The van der Waals surface area contributed by atoms with Gasteiger partial charge in [-0.1, -0.05) is 19.3 Å². The first kappa shape index (κ1) is 18.8. The summed E-state index contributed by atoms with van der Waals surface area (Å²) in [4.78, 5) is 15.3. The smallest absolute Gasteiger partial charge is 0.229 e. The standard InChI is InChI=1S/C22H25FN6O/c1-14-12-30-20-10-24-22(27-21(20)28(14)2)26-16-6-7-19(18(23)9-16)29-11-17(25-13-29)8-15-4-3-5-15/h6-7,9-11,13-15H,3-5,8,12H2,1-2H3,(H,24,26,27). The van der Waals surface area contributed by atoms with Gasteiger partial charge in [-0.15, -0.1) is 0 Å². The van der Waals surface area contributed by atoms with Gasteiger partial charge in [0.05, 0.1) is 29.9 Å². The van der Waals surface area contributed by atoms with Crippen molar-refractivity contribution in [3.63, 3.8) is 0 Å². The van der Waals surface area contributed by atoms with Gasteiger partial charge in [0.2, 0.25) is 5.95 Å². The second-order valence-corrected chi connectivity index (χ2v) is 8.22. The van der Waals surface area contributed by atoms with Gasteiger partial charge in [0, 0.05) is 18.9 Å². The van der Waals surface area contributed by atoms with Gasteiger partial charge in [-0.25, -0.2) is 14.4 Å². The molecule has 5 rings (SSSR count). The normalized spacial score (nSPS) is 18.5. The van der Waals surface area contributed by atoms with Gasteiger partial charge >= 0.3 is 0 Å². The molecular formula is C22H25FN6O. The van der Waals surface area contributed by atoms with Crippen LogP contribution >= 0.6 is 0 Å². The molecule has 1 N–H and O–H groups in total. The van der Waals surface area contributed by atoms with Gasteiger partial charge in [0.15, 0.2) is 11.6 Å². The lowest BCUT2D eigenvalue weighted by atomic mass is 9.82. The molecule has 0 bridgehead atoms. The molecule has 156 valence electrons. The number of likely N-dealkylation sites (N-methyl/N-ethyl adjacent to an activating group) is 1. The summed E-state index contributed by atoms with van der Waals surface area (Å²) in [6.07, 6.45) is 10.1. The Kier molecular flexibility index (Phi) is 4.77. The van der Waals surface area contributed by atoms with E-state index in [1.54, 1.807) is 23.2 Å². The number of fused-ring (bicyclic) bond motifs is 1. The monoisotopic (exact) mass is 408 g/mol. The summed E-state index contributed by atoms with van der Waals surface area (Å²) in [5, 5.41) is 3.09. The Morgan fingerprint density at radius 2 is 2.13 bits per heavy atom. The zero-order chi connectivity index (χ0) is 20.7. The molecule has 1 aliphatic carbocycles. The van der Waals surface area contributed by atoms with E-state index in [4.69, 9.17) is 4.74 Å². The molecule has 2 aliphatic rings. The molecule has 3 aromatic rings. The molecular weight excluding hydrogens is 383 g/mol. The van der Waals surface area contributed by atoms with E-state index in [9.17, 15) is 4.39 Å². The van der Waals surface area contributed by atoms with E-state index in [1.807, 2.05) is 19.3 Å². The van der Waals surface area contributed by atoms with Crippen molar-refractivity contribution >= 4 is 17.5 Å². The average Bonchev–Trinajstić information content (AvgIpc) is 3.17. The van der Waals surface area contributed by atoms with Crippen molar-refractivity contribution < 1.29 is 9.13 Å². The Morgan fingerprint density at radius 1 is 1.27 bits per heavy atom. The van der Waals surface area contributed by atoms with Crippen molar-refractivity contribution in [2.45, 2.75) is 38.6 Å². The third-order valence-corrected chi connectivity index (χ3v) is 6.05. The van der Waals surface area contributed by atoms with Crippen LogP contribution in [0.25, 0.3) is 5.69 Å². The lowest BCUT2D eigenvalue weighted by Gasteiger charge is -2.32. The number of halogens is 1. The van der Waals surface area contributed by atoms with E-state index in [-0.39, 0.29) is 11.9 Å². The van der Waals surface area contributed by atoms with Crippen molar-refractivity contribution in [1.82, 2.24) is 19.5 Å². The maximum atomic E-state index is 14.8. The van der Waals surface area contributed by atoms with Gasteiger partial charge in [-0.2, -0.15) is 4.98 Å². The summed E-state index contributed by atoms with van der Waals surface area (Å²) in [6.45, 7) is 2.67. The zero-order valence-electron chi connectivity index (χ0n) is 17.2. The maximum absolute atomic E-state index is 14.8. The van der Waals surface area contributed by atoms with Crippen LogP contribution in [0.2, 0.25) is 0 Å². The highest BCUT2D eigenvalue weighted by molar-refractivity contribution is 5.61. The lowest BCUT2D eigenvalue weighted by Crippen LogP contribution is -2.38. The van der Waals surface area contributed by atoms with Gasteiger partial charge < -0.3 is 19.5 Å². The van der Waals surface area contributed by atoms with Crippen molar-refractivity contribution in [1.29, 1.82) is 0 Å². The number of hydrogen-bond acceptors (Lipinski definition) is 6. The van der Waals surface area contributed by atoms with Gasteiger partial charge in [-0.05, 0) is 37.5 Å². The van der Waals surface area contributed by atoms with Gasteiger partial charge in [0.1, 0.15) is 12.4 Å². The Morgan fingerprint density at radius 3 is 2.90 bits per heavy atom. The molecule has 1 saturated carbocycles. The minimum absolute atomic E-state index is 0.223. The summed E-state index contributed by atoms with van der Waals surface area (Å²) in [5.74, 6) is 2.17. The van der Waals surface area contributed by atoms with Crippen LogP contribution in [-0.2, 0) is 6.42 Å². The summed E-state index contributed by atoms with van der Waals surface area (Å²) in [5.41, 5.74) is 2.07. The van der Waals surface area contributed by atoms with E-state index in [2.05, 4.69) is 32.1 Å². The second kappa shape index (κ2) is 7.59. The Labute approximate surface area is 174 Å². The molecule has 2 aromatic heterocycles. The number of benzene rings is 1. The molecule has 1 atom stereocenters. The molecule has 0 radical (unpaired) electrons. The summed E-state index contributed by atoms with van der Waals surface area (Å²) < 4.78 is 22.2. The minimum atomic E-state index is -0.334. The van der Waals surface area contributed by atoms with Crippen LogP contribution in [-0.4, -0.2) is 39.2 Å². The highest BCUT2D eigenvalue weighted by atomic mass is 19.1. The molecule has 1 fully saturated rings. The first-order valence-corrected chi connectivity index (χ1v) is 10.4. The SMILES string of the molecule is CC1COc2cnc(Nc3ccc(-n4cnc(CC5CCC5)c4)c(F)c3)nc2N1C. The van der Waals surface area contributed by atoms with Gasteiger partial charge in [0.25, 0.3) is 0 Å². The number of anilines is 3. The predicted molar refractivity (Wildman–Crippen MR) is 113 cm³/mol. The molecule has 0 saturated heterocycles. The van der Waals surface area contributed by atoms with Crippen molar-refractivity contribution in [2.24, 2.45) is 5.92 Å². The van der Waals surface area contributed by atoms with E-state index in [1.165, 1.54) is 25.3 Å². The van der Waals surface area contributed by atoms with Gasteiger partial charge in [-0.3, -0.25) is 0 Å². The number of ether oxygens (including phenoxy) is 1. The number of nitrogens with one attached hydrogen (secondary N) is 1. The fourth-order valence-corrected chi connectivity index (χ4v) is 3.82. The van der Waals surface area contributed by atoms with Crippen LogP contribution < -0.4 is 15.0 Å². The van der Waals surface area contributed by atoms with E-state index in [0.29, 0.717) is 29.7 Å². The van der Waals surface area contributed by atoms with Crippen LogP contribution in [0, 0.1) is 11.7 Å². The van der Waals surface area contributed by atoms with E-state index in [0.717, 1.165) is 23.9 Å². The summed E-state index contributed by atoms with van der Waals surface area (Å²) in [6, 6.07) is 5.23. The van der Waals surface area contributed by atoms with Crippen molar-refractivity contribution in [2.75, 3.05) is 23.9 Å². The third-order valence-electron chi connectivity index (χ3n) is 6.05. The average molecular weight is 408 g/mol. The Bertz CT molecular complexity index is 1060. The molecule has 0 amide bonds. The highest BCUT2D eigenvalue weighted by Crippen LogP contribution is 2.32.